The number of hydrogen-bond acceptors (Lipinski definition) is 1. The number of nitrogens with zero attached hydrogens (tertiary/aromatic N) is 2. The molecule has 1 aliphatic heterocycles. The van der Waals surface area contributed by atoms with E-state index < -0.39 is 0 Å². The second-order valence-electron chi connectivity index (χ2n) is 9.16. The molecule has 0 radical (unpaired) electrons. The van der Waals surface area contributed by atoms with Crippen LogP contribution in [0.3, 0.4) is 0 Å². The summed E-state index contributed by atoms with van der Waals surface area (Å²) in [5, 5.41) is 4.31. The van der Waals surface area contributed by atoms with E-state index in [2.05, 4.69) is 88.1 Å². The fourth-order valence-electron chi connectivity index (χ4n) is 5.27. The lowest BCUT2D eigenvalue weighted by Gasteiger charge is -2.13. The highest BCUT2D eigenvalue weighted by molar-refractivity contribution is 7.81. The van der Waals surface area contributed by atoms with Gasteiger partial charge in [-0.05, 0) is 61.1 Å². The number of imidazole rings is 1. The number of rotatable bonds is 4. The first-order chi connectivity index (χ1) is 17.1. The van der Waals surface area contributed by atoms with Gasteiger partial charge in [-0.15, -0.1) is 0 Å². The van der Waals surface area contributed by atoms with Gasteiger partial charge < -0.3 is 9.88 Å². The normalized spacial score (nSPS) is 13.1. The van der Waals surface area contributed by atoms with Crippen molar-refractivity contribution in [3.05, 3.63) is 107 Å². The monoisotopic (exact) mass is 495 g/mol. The zero-order chi connectivity index (χ0) is 23.9. The van der Waals surface area contributed by atoms with Gasteiger partial charge in [0.15, 0.2) is 0 Å². The Bertz CT molecular complexity index is 1540. The van der Waals surface area contributed by atoms with Crippen molar-refractivity contribution in [2.24, 2.45) is 0 Å². The lowest BCUT2D eigenvalue weighted by molar-refractivity contribution is 0.647. The lowest BCUT2D eigenvalue weighted by atomic mass is 9.98. The topological polar surface area (TPSA) is 21.4 Å². The average molecular weight is 496 g/mol. The van der Waals surface area contributed by atoms with Crippen LogP contribution in [-0.4, -0.2) is 14.0 Å². The number of anilines is 1. The summed E-state index contributed by atoms with van der Waals surface area (Å²) in [6, 6.07) is 27.1. The Kier molecular flexibility index (Phi) is 5.71. The number of thiocarbonyl (C=S) groups is 1. The Morgan fingerprint density at radius 2 is 1.63 bits per heavy atom. The fourth-order valence-corrected chi connectivity index (χ4v) is 5.71. The third-order valence-corrected chi connectivity index (χ3v) is 7.49. The Hall–Kier alpha value is -3.34. The predicted octanol–water partition coefficient (Wildman–Crippen LogP) is 8.16. The molecule has 0 spiro atoms. The second-order valence-corrected chi connectivity index (χ2v) is 10.0. The van der Waals surface area contributed by atoms with Gasteiger partial charge in [-0.1, -0.05) is 84.5 Å². The maximum Gasteiger partial charge on any atom is 0.128 e. The molecule has 0 aliphatic carbocycles. The van der Waals surface area contributed by atoms with Crippen molar-refractivity contribution in [3.8, 4) is 22.4 Å². The number of para-hydroxylation sites is 1. The number of aryl methyl sites for hydroxylation is 3. The van der Waals surface area contributed by atoms with Crippen molar-refractivity contribution in [1.29, 1.82) is 0 Å². The van der Waals surface area contributed by atoms with Gasteiger partial charge >= 0.3 is 0 Å². The Morgan fingerprint density at radius 1 is 0.886 bits per heavy atom. The minimum Gasteiger partial charge on any atom is -0.345 e. The van der Waals surface area contributed by atoms with E-state index in [0.29, 0.717) is 0 Å². The molecule has 5 heteroatoms. The van der Waals surface area contributed by atoms with Crippen LogP contribution in [0.25, 0.3) is 28.0 Å². The summed E-state index contributed by atoms with van der Waals surface area (Å²) < 4.78 is 4.79. The molecule has 0 unspecified atom stereocenters. The summed E-state index contributed by atoms with van der Waals surface area (Å²) in [5.41, 5.74) is 10.7. The summed E-state index contributed by atoms with van der Waals surface area (Å²) >= 11 is 12.3. The SMILES string of the molecule is Cc1ccccc1NC(=S)c1c(-c2ccccc2)c2c3n(c(-c4ccc(Cl)cc4)cn13)CCCC2. The van der Waals surface area contributed by atoms with Crippen LogP contribution in [0.5, 0.6) is 0 Å². The van der Waals surface area contributed by atoms with Crippen molar-refractivity contribution < 1.29 is 0 Å². The van der Waals surface area contributed by atoms with Crippen LogP contribution in [0.2, 0.25) is 5.02 Å². The minimum absolute atomic E-state index is 0.736. The van der Waals surface area contributed by atoms with Gasteiger partial charge in [0.25, 0.3) is 0 Å². The molecule has 0 saturated heterocycles. The van der Waals surface area contributed by atoms with E-state index in [-0.39, 0.29) is 0 Å². The molecule has 1 N–H and O–H groups in total. The van der Waals surface area contributed by atoms with Gasteiger partial charge in [0, 0.05) is 34.6 Å². The van der Waals surface area contributed by atoms with E-state index in [9.17, 15) is 0 Å². The summed E-state index contributed by atoms with van der Waals surface area (Å²) in [6.07, 6.45) is 5.58. The maximum absolute atomic E-state index is 6.20. The zero-order valence-corrected chi connectivity index (χ0v) is 21.2. The third kappa shape index (κ3) is 3.87. The van der Waals surface area contributed by atoms with Crippen molar-refractivity contribution >= 4 is 40.1 Å². The molecule has 5 aromatic rings. The largest absolute Gasteiger partial charge is 0.345 e. The van der Waals surface area contributed by atoms with Crippen LogP contribution in [0.15, 0.2) is 85.1 Å². The average Bonchev–Trinajstić information content (AvgIpc) is 3.29. The van der Waals surface area contributed by atoms with Crippen molar-refractivity contribution in [3.63, 3.8) is 0 Å². The molecule has 174 valence electrons. The number of aromatic nitrogens is 2. The molecular weight excluding hydrogens is 470 g/mol. The molecule has 2 aromatic heterocycles. The molecule has 35 heavy (non-hydrogen) atoms. The molecular formula is C30H26ClN3S. The molecule has 3 nitrogen and oxygen atoms in total. The molecule has 0 fully saturated rings. The highest BCUT2D eigenvalue weighted by Gasteiger charge is 2.28. The van der Waals surface area contributed by atoms with Gasteiger partial charge in [0.2, 0.25) is 0 Å². The molecule has 0 atom stereocenters. The van der Waals surface area contributed by atoms with E-state index in [4.69, 9.17) is 23.8 Å². The predicted molar refractivity (Wildman–Crippen MR) is 151 cm³/mol. The number of nitrogens with one attached hydrogen (secondary N) is 1. The van der Waals surface area contributed by atoms with Crippen molar-refractivity contribution in [2.45, 2.75) is 32.7 Å². The first-order valence-corrected chi connectivity index (χ1v) is 12.8. The highest BCUT2D eigenvalue weighted by Crippen LogP contribution is 2.40. The molecule has 0 saturated carbocycles. The Morgan fingerprint density at radius 3 is 2.40 bits per heavy atom. The summed E-state index contributed by atoms with van der Waals surface area (Å²) in [7, 11) is 0. The highest BCUT2D eigenvalue weighted by atomic mass is 35.5. The molecule has 3 aromatic carbocycles. The van der Waals surface area contributed by atoms with E-state index >= 15 is 0 Å². The van der Waals surface area contributed by atoms with Crippen molar-refractivity contribution in [1.82, 2.24) is 8.97 Å². The zero-order valence-electron chi connectivity index (χ0n) is 19.6. The summed E-state index contributed by atoms with van der Waals surface area (Å²) in [4.78, 5) is 0.736. The van der Waals surface area contributed by atoms with Crippen LogP contribution in [-0.2, 0) is 13.0 Å². The summed E-state index contributed by atoms with van der Waals surface area (Å²) in [6.45, 7) is 3.09. The molecule has 6 rings (SSSR count). The van der Waals surface area contributed by atoms with Crippen LogP contribution in [0, 0.1) is 6.92 Å². The summed E-state index contributed by atoms with van der Waals surface area (Å²) in [5.74, 6) is 0. The van der Waals surface area contributed by atoms with Crippen LogP contribution < -0.4 is 5.32 Å². The van der Waals surface area contributed by atoms with Gasteiger partial charge in [-0.3, -0.25) is 4.40 Å². The fraction of sp³-hybridized carbons (Fsp3) is 0.167. The van der Waals surface area contributed by atoms with E-state index in [0.717, 1.165) is 52.8 Å². The number of halogens is 1. The minimum atomic E-state index is 0.736. The second kappa shape index (κ2) is 9.03. The Balaban J connectivity index is 1.61. The number of benzene rings is 3. The van der Waals surface area contributed by atoms with Gasteiger partial charge in [0.05, 0.1) is 11.4 Å². The first kappa shape index (κ1) is 22.1. The van der Waals surface area contributed by atoms with Gasteiger partial charge in [0.1, 0.15) is 10.6 Å². The third-order valence-electron chi connectivity index (χ3n) is 6.94. The molecule has 1 aliphatic rings. The lowest BCUT2D eigenvalue weighted by Crippen LogP contribution is -2.14. The Labute approximate surface area is 216 Å². The smallest absolute Gasteiger partial charge is 0.128 e. The van der Waals surface area contributed by atoms with E-state index in [1.54, 1.807) is 0 Å². The van der Waals surface area contributed by atoms with Crippen LogP contribution in [0.4, 0.5) is 5.69 Å². The van der Waals surface area contributed by atoms with Crippen molar-refractivity contribution in [2.75, 3.05) is 5.32 Å². The quantitative estimate of drug-likeness (QED) is 0.254. The van der Waals surface area contributed by atoms with E-state index in [1.807, 2.05) is 18.2 Å². The van der Waals surface area contributed by atoms with E-state index in [1.165, 1.54) is 33.6 Å². The number of hydrogen-bond donors (Lipinski definition) is 1. The molecule has 0 bridgehead atoms. The first-order valence-electron chi connectivity index (χ1n) is 12.1. The standard InChI is InChI=1S/C30H26ClN3S/c1-20-9-5-6-13-25(20)32-29(35)28-27(22-10-3-2-4-11-22)24-12-7-8-18-33-26(19-34(28)30(24)33)21-14-16-23(31)17-15-21/h2-6,9-11,13-17,19H,7-8,12,18H2,1H3,(H,32,35). The van der Waals surface area contributed by atoms with Gasteiger partial charge in [-0.2, -0.15) is 0 Å². The van der Waals surface area contributed by atoms with Gasteiger partial charge in [-0.25, -0.2) is 0 Å². The van der Waals surface area contributed by atoms with Crippen LogP contribution >= 0.6 is 23.8 Å². The molecule has 0 amide bonds. The molecule has 3 heterocycles. The van der Waals surface area contributed by atoms with Crippen LogP contribution in [0.1, 0.15) is 29.7 Å². The maximum atomic E-state index is 6.20.